The molecular formula is C26H24F2N4O2. The average molecular weight is 463 g/mol. The van der Waals surface area contributed by atoms with Gasteiger partial charge in [-0.05, 0) is 30.3 Å². The van der Waals surface area contributed by atoms with Crippen molar-refractivity contribution < 1.29 is 18.3 Å². The number of nitrogens with zero attached hydrogens (tertiary/aromatic N) is 4. The van der Waals surface area contributed by atoms with E-state index in [4.69, 9.17) is 9.47 Å². The number of hydrogen-bond acceptors (Lipinski definition) is 6. The van der Waals surface area contributed by atoms with Crippen molar-refractivity contribution in [3.63, 3.8) is 0 Å². The summed E-state index contributed by atoms with van der Waals surface area (Å²) >= 11 is 0. The van der Waals surface area contributed by atoms with Crippen LogP contribution in [0.1, 0.15) is 0 Å². The lowest BCUT2D eigenvalue weighted by Gasteiger charge is -2.16. The summed E-state index contributed by atoms with van der Waals surface area (Å²) in [5.74, 6) is -0.801. The van der Waals surface area contributed by atoms with Gasteiger partial charge in [-0.1, -0.05) is 18.2 Å². The van der Waals surface area contributed by atoms with E-state index in [1.54, 1.807) is 42.6 Å². The molecule has 0 bridgehead atoms. The van der Waals surface area contributed by atoms with E-state index in [0.29, 0.717) is 11.4 Å². The molecule has 0 N–H and O–H groups in total. The van der Waals surface area contributed by atoms with Gasteiger partial charge in [-0.2, -0.15) is 4.98 Å². The van der Waals surface area contributed by atoms with Gasteiger partial charge in [0.2, 0.25) is 11.8 Å². The van der Waals surface area contributed by atoms with Gasteiger partial charge in [0.25, 0.3) is 0 Å². The molecular weight excluding hydrogens is 438 g/mol. The highest BCUT2D eigenvalue weighted by Crippen LogP contribution is 2.34. The molecule has 0 saturated heterocycles. The maximum absolute atomic E-state index is 14.7. The summed E-state index contributed by atoms with van der Waals surface area (Å²) in [5, 5.41) is 0. The quantitative estimate of drug-likeness (QED) is 0.329. The molecule has 6 nitrogen and oxygen atoms in total. The summed E-state index contributed by atoms with van der Waals surface area (Å²) in [5.41, 5.74) is 2.04. The Kier molecular flexibility index (Phi) is 6.58. The Labute approximate surface area is 197 Å². The zero-order valence-electron chi connectivity index (χ0n) is 19.3. The molecule has 34 heavy (non-hydrogen) atoms. The van der Waals surface area contributed by atoms with Crippen LogP contribution in [0.4, 0.5) is 20.2 Å². The Hall–Kier alpha value is -4.20. The van der Waals surface area contributed by atoms with E-state index < -0.39 is 11.6 Å². The molecule has 4 aromatic rings. The largest absolute Gasteiger partial charge is 0.439 e. The van der Waals surface area contributed by atoms with Gasteiger partial charge in [0.1, 0.15) is 11.6 Å². The smallest absolute Gasteiger partial charge is 0.224 e. The zero-order valence-corrected chi connectivity index (χ0v) is 19.3. The number of aromatic nitrogens is 2. The number of pyridine rings is 2. The second-order valence-corrected chi connectivity index (χ2v) is 7.97. The molecule has 0 atom stereocenters. The lowest BCUT2D eigenvalue weighted by Crippen LogP contribution is -2.09. The van der Waals surface area contributed by atoms with Gasteiger partial charge in [-0.3, -0.25) is 4.98 Å². The van der Waals surface area contributed by atoms with Gasteiger partial charge in [-0.25, -0.2) is 8.78 Å². The number of para-hydroxylation sites is 1. The molecule has 2 aromatic heterocycles. The molecule has 0 radical (unpaired) electrons. The number of hydrogen-bond donors (Lipinski definition) is 0. The predicted octanol–water partition coefficient (Wildman–Crippen LogP) is 6.14. The van der Waals surface area contributed by atoms with Crippen molar-refractivity contribution in [1.82, 2.24) is 9.97 Å². The topological polar surface area (TPSA) is 50.7 Å². The second-order valence-electron chi connectivity index (χ2n) is 7.97. The fourth-order valence-electron chi connectivity index (χ4n) is 3.20. The highest BCUT2D eigenvalue weighted by Gasteiger charge is 2.17. The van der Waals surface area contributed by atoms with Crippen molar-refractivity contribution in [1.29, 1.82) is 0 Å². The van der Waals surface area contributed by atoms with E-state index in [1.165, 1.54) is 6.07 Å². The van der Waals surface area contributed by atoms with Crippen LogP contribution < -0.4 is 19.3 Å². The fourth-order valence-corrected chi connectivity index (χ4v) is 3.20. The molecule has 0 saturated carbocycles. The van der Waals surface area contributed by atoms with Crippen molar-refractivity contribution in [2.75, 3.05) is 38.0 Å². The minimum Gasteiger partial charge on any atom is -0.439 e. The third-order valence-electron chi connectivity index (χ3n) is 5.02. The summed E-state index contributed by atoms with van der Waals surface area (Å²) in [4.78, 5) is 12.3. The molecule has 0 aliphatic heterocycles. The highest BCUT2D eigenvalue weighted by molar-refractivity contribution is 5.66. The lowest BCUT2D eigenvalue weighted by atomic mass is 10.1. The Morgan fingerprint density at radius 1 is 0.706 bits per heavy atom. The van der Waals surface area contributed by atoms with Crippen LogP contribution in [0.15, 0.2) is 72.9 Å². The fraction of sp³-hybridized carbons (Fsp3) is 0.154. The summed E-state index contributed by atoms with van der Waals surface area (Å²) in [6.07, 6.45) is 1.57. The van der Waals surface area contributed by atoms with Crippen molar-refractivity contribution in [3.8, 4) is 34.5 Å². The van der Waals surface area contributed by atoms with Crippen LogP contribution in [-0.4, -0.2) is 38.2 Å². The minimum absolute atomic E-state index is 0.101. The number of benzene rings is 2. The summed E-state index contributed by atoms with van der Waals surface area (Å²) in [6, 6.07) is 18.1. The van der Waals surface area contributed by atoms with Gasteiger partial charge in [0.05, 0.1) is 5.69 Å². The molecule has 4 rings (SSSR count). The maximum Gasteiger partial charge on any atom is 0.224 e. The predicted molar refractivity (Wildman–Crippen MR) is 129 cm³/mol. The third-order valence-corrected chi connectivity index (χ3v) is 5.02. The van der Waals surface area contributed by atoms with E-state index in [0.717, 1.165) is 17.4 Å². The lowest BCUT2D eigenvalue weighted by molar-refractivity contribution is 0.406. The molecule has 8 heteroatoms. The summed E-state index contributed by atoms with van der Waals surface area (Å²) in [7, 11) is 7.44. The second kappa shape index (κ2) is 9.74. The first kappa shape index (κ1) is 23.0. The monoisotopic (exact) mass is 462 g/mol. The summed E-state index contributed by atoms with van der Waals surface area (Å²) in [6.45, 7) is 0. The van der Waals surface area contributed by atoms with Gasteiger partial charge >= 0.3 is 0 Å². The van der Waals surface area contributed by atoms with Crippen molar-refractivity contribution in [2.24, 2.45) is 0 Å². The molecule has 0 amide bonds. The molecule has 0 fully saturated rings. The van der Waals surface area contributed by atoms with E-state index in [-0.39, 0.29) is 23.1 Å². The Bertz CT molecular complexity index is 1300. The molecule has 0 spiro atoms. The van der Waals surface area contributed by atoms with E-state index >= 15 is 0 Å². The van der Waals surface area contributed by atoms with E-state index in [1.807, 2.05) is 56.2 Å². The van der Waals surface area contributed by atoms with Crippen LogP contribution in [0.5, 0.6) is 23.3 Å². The Morgan fingerprint density at radius 2 is 1.38 bits per heavy atom. The standard InChI is InChI=1S/C26H24F2N4O2/c1-31(2)17-10-11-29-23(12-17)20-15-24(22(28)16-21(20)27)34-26-14-18(32(3)4)13-25(30-26)33-19-8-6-5-7-9-19/h5-16H,1-4H3. The normalized spacial score (nSPS) is 10.6. The Balaban J connectivity index is 1.70. The van der Waals surface area contributed by atoms with Crippen LogP contribution in [0, 0.1) is 11.6 Å². The third kappa shape index (κ3) is 5.23. The molecule has 2 aromatic carbocycles. The minimum atomic E-state index is -0.854. The van der Waals surface area contributed by atoms with Crippen molar-refractivity contribution in [2.45, 2.75) is 0 Å². The SMILES string of the molecule is CN(C)c1cc(Oc2ccccc2)nc(Oc2cc(-c3cc(N(C)C)ccn3)c(F)cc2F)c1. The van der Waals surface area contributed by atoms with E-state index in [9.17, 15) is 8.78 Å². The van der Waals surface area contributed by atoms with Gasteiger partial charge in [-0.15, -0.1) is 0 Å². The van der Waals surface area contributed by atoms with Crippen LogP contribution in [0.25, 0.3) is 11.3 Å². The first-order valence-electron chi connectivity index (χ1n) is 10.5. The van der Waals surface area contributed by atoms with Crippen LogP contribution in [-0.2, 0) is 0 Å². The van der Waals surface area contributed by atoms with Crippen molar-refractivity contribution >= 4 is 11.4 Å². The van der Waals surface area contributed by atoms with Crippen LogP contribution >= 0.6 is 0 Å². The molecule has 2 heterocycles. The summed E-state index contributed by atoms with van der Waals surface area (Å²) < 4.78 is 41.0. The number of anilines is 2. The maximum atomic E-state index is 14.7. The molecule has 174 valence electrons. The van der Waals surface area contributed by atoms with Gasteiger partial charge < -0.3 is 19.3 Å². The first-order chi connectivity index (χ1) is 16.3. The zero-order chi connectivity index (χ0) is 24.2. The molecule has 0 aliphatic carbocycles. The molecule has 0 unspecified atom stereocenters. The Morgan fingerprint density at radius 3 is 2.06 bits per heavy atom. The van der Waals surface area contributed by atoms with Gasteiger partial charge in [0.15, 0.2) is 11.6 Å². The van der Waals surface area contributed by atoms with Crippen LogP contribution in [0.3, 0.4) is 0 Å². The van der Waals surface area contributed by atoms with E-state index in [2.05, 4.69) is 9.97 Å². The first-order valence-corrected chi connectivity index (χ1v) is 10.5. The number of halogens is 2. The molecule has 0 aliphatic rings. The van der Waals surface area contributed by atoms with Gasteiger partial charge in [0, 0.05) is 69.5 Å². The number of ether oxygens (including phenoxy) is 2. The van der Waals surface area contributed by atoms with Crippen molar-refractivity contribution in [3.05, 3.63) is 84.6 Å². The van der Waals surface area contributed by atoms with Crippen LogP contribution in [0.2, 0.25) is 0 Å². The average Bonchev–Trinajstić information content (AvgIpc) is 2.81. The highest BCUT2D eigenvalue weighted by atomic mass is 19.1. The number of rotatable bonds is 7.